The molecule has 21 heavy (non-hydrogen) atoms. The molecule has 110 valence electrons. The van der Waals surface area contributed by atoms with Crippen LogP contribution in [0.1, 0.15) is 15.9 Å². The Balaban J connectivity index is 2.25. The van der Waals surface area contributed by atoms with Crippen LogP contribution >= 0.6 is 0 Å². The van der Waals surface area contributed by atoms with Crippen LogP contribution in [0, 0.1) is 11.6 Å². The third-order valence-corrected chi connectivity index (χ3v) is 4.12. The molecule has 0 fully saturated rings. The molecule has 0 radical (unpaired) electrons. The minimum absolute atomic E-state index is 0.0250. The van der Waals surface area contributed by atoms with E-state index in [1.807, 2.05) is 0 Å². The highest BCUT2D eigenvalue weighted by molar-refractivity contribution is 7.84. The first-order valence-electron chi connectivity index (χ1n) is 5.89. The molecule has 4 nitrogen and oxygen atoms in total. The summed E-state index contributed by atoms with van der Waals surface area (Å²) in [5.74, 6) is -2.21. The van der Waals surface area contributed by atoms with Gasteiger partial charge in [0.05, 0.1) is 16.6 Å². The van der Waals surface area contributed by atoms with Gasteiger partial charge in [0, 0.05) is 21.7 Å². The van der Waals surface area contributed by atoms with Crippen LogP contribution in [0.25, 0.3) is 0 Å². The predicted molar refractivity (Wildman–Crippen MR) is 75.8 cm³/mol. The number of carbonyl (C=O) groups is 1. The zero-order chi connectivity index (χ0) is 15.6. The molecule has 0 aliphatic rings. The summed E-state index contributed by atoms with van der Waals surface area (Å²) in [6, 6.07) is 7.21. The molecular weight excluding hydrogens is 298 g/mol. The van der Waals surface area contributed by atoms with Crippen LogP contribution in [0.15, 0.2) is 41.3 Å². The second kappa shape index (κ2) is 6.01. The van der Waals surface area contributed by atoms with Crippen molar-refractivity contribution >= 4 is 22.4 Å². The van der Waals surface area contributed by atoms with Gasteiger partial charge in [-0.05, 0) is 30.3 Å². The maximum absolute atomic E-state index is 13.8. The predicted octanol–water partition coefficient (Wildman–Crippen LogP) is 1.95. The lowest BCUT2D eigenvalue weighted by Gasteiger charge is -2.06. The van der Waals surface area contributed by atoms with Gasteiger partial charge in [-0.15, -0.1) is 0 Å². The van der Waals surface area contributed by atoms with Gasteiger partial charge in [-0.1, -0.05) is 6.07 Å². The van der Waals surface area contributed by atoms with Crippen molar-refractivity contribution in [2.45, 2.75) is 10.6 Å². The van der Waals surface area contributed by atoms with Crippen LogP contribution in [-0.2, 0) is 16.6 Å². The van der Waals surface area contributed by atoms with E-state index in [2.05, 4.69) is 0 Å². The highest BCUT2D eigenvalue weighted by atomic mass is 32.2. The SMILES string of the molecule is NC(=O)c1ccc(CS(=O)c2cc(N)cc(F)c2)c(F)c1. The first kappa shape index (κ1) is 15.1. The number of hydrogen-bond donors (Lipinski definition) is 2. The van der Waals surface area contributed by atoms with Gasteiger partial charge in [0.25, 0.3) is 0 Å². The summed E-state index contributed by atoms with van der Waals surface area (Å²) in [7, 11) is -1.66. The molecule has 1 amide bonds. The molecule has 1 unspecified atom stereocenters. The molecule has 0 heterocycles. The Morgan fingerprint density at radius 2 is 1.86 bits per heavy atom. The van der Waals surface area contributed by atoms with Crippen LogP contribution in [0.4, 0.5) is 14.5 Å². The first-order valence-corrected chi connectivity index (χ1v) is 7.21. The number of hydrogen-bond acceptors (Lipinski definition) is 3. The van der Waals surface area contributed by atoms with E-state index in [1.165, 1.54) is 18.2 Å². The Morgan fingerprint density at radius 3 is 2.43 bits per heavy atom. The van der Waals surface area contributed by atoms with E-state index in [-0.39, 0.29) is 27.5 Å². The van der Waals surface area contributed by atoms with Gasteiger partial charge < -0.3 is 11.5 Å². The maximum atomic E-state index is 13.8. The summed E-state index contributed by atoms with van der Waals surface area (Å²) < 4.78 is 39.1. The molecule has 1 atom stereocenters. The van der Waals surface area contributed by atoms with E-state index in [0.29, 0.717) is 0 Å². The van der Waals surface area contributed by atoms with Gasteiger partial charge in [0.2, 0.25) is 5.91 Å². The number of rotatable bonds is 4. The number of carbonyl (C=O) groups excluding carboxylic acids is 1. The number of anilines is 1. The van der Waals surface area contributed by atoms with Crippen molar-refractivity contribution in [2.24, 2.45) is 5.73 Å². The highest BCUT2D eigenvalue weighted by Gasteiger charge is 2.12. The summed E-state index contributed by atoms with van der Waals surface area (Å²) in [6.45, 7) is 0. The zero-order valence-electron chi connectivity index (χ0n) is 10.8. The van der Waals surface area contributed by atoms with Crippen LogP contribution in [0.2, 0.25) is 0 Å². The molecule has 0 saturated heterocycles. The van der Waals surface area contributed by atoms with E-state index in [9.17, 15) is 17.8 Å². The summed E-state index contributed by atoms with van der Waals surface area (Å²) in [6.07, 6.45) is 0. The van der Waals surface area contributed by atoms with Crippen molar-refractivity contribution < 1.29 is 17.8 Å². The molecule has 7 heteroatoms. The molecule has 2 aromatic carbocycles. The molecule has 0 saturated carbocycles. The van der Waals surface area contributed by atoms with Gasteiger partial charge in [-0.2, -0.15) is 0 Å². The quantitative estimate of drug-likeness (QED) is 0.846. The van der Waals surface area contributed by atoms with E-state index in [1.54, 1.807) is 0 Å². The number of amides is 1. The van der Waals surface area contributed by atoms with E-state index in [4.69, 9.17) is 11.5 Å². The van der Waals surface area contributed by atoms with Crippen molar-refractivity contribution in [2.75, 3.05) is 5.73 Å². The van der Waals surface area contributed by atoms with Crippen LogP contribution in [-0.4, -0.2) is 10.1 Å². The summed E-state index contributed by atoms with van der Waals surface area (Å²) in [5, 5.41) is 0. The Labute approximate surface area is 122 Å². The lowest BCUT2D eigenvalue weighted by Crippen LogP contribution is -2.11. The molecule has 4 N–H and O–H groups in total. The fourth-order valence-electron chi connectivity index (χ4n) is 1.76. The molecule has 0 spiro atoms. The van der Waals surface area contributed by atoms with Crippen molar-refractivity contribution in [1.82, 2.24) is 0 Å². The second-order valence-corrected chi connectivity index (χ2v) is 5.83. The molecule has 0 bridgehead atoms. The lowest BCUT2D eigenvalue weighted by molar-refractivity contribution is 0.1000. The number of nitrogens with two attached hydrogens (primary N) is 2. The van der Waals surface area contributed by atoms with Crippen LogP contribution in [0.5, 0.6) is 0 Å². The second-order valence-electron chi connectivity index (χ2n) is 4.38. The Hall–Kier alpha value is -2.28. The van der Waals surface area contributed by atoms with Crippen molar-refractivity contribution in [3.8, 4) is 0 Å². The monoisotopic (exact) mass is 310 g/mol. The number of primary amides is 1. The van der Waals surface area contributed by atoms with E-state index < -0.39 is 28.3 Å². The molecular formula is C14H12F2N2O2S. The standard InChI is InChI=1S/C14H12F2N2O2S/c15-10-4-11(17)6-12(5-10)21(20)7-9-2-1-8(14(18)19)3-13(9)16/h1-6H,7,17H2,(H2,18,19). The average Bonchev–Trinajstić information content (AvgIpc) is 2.39. The van der Waals surface area contributed by atoms with Crippen molar-refractivity contribution in [1.29, 1.82) is 0 Å². The largest absolute Gasteiger partial charge is 0.399 e. The third-order valence-electron chi connectivity index (χ3n) is 2.78. The third kappa shape index (κ3) is 3.63. The topological polar surface area (TPSA) is 86.2 Å². The molecule has 2 aromatic rings. The minimum Gasteiger partial charge on any atom is -0.399 e. The van der Waals surface area contributed by atoms with Gasteiger partial charge in [-0.25, -0.2) is 8.78 Å². The molecule has 2 rings (SSSR count). The smallest absolute Gasteiger partial charge is 0.248 e. The lowest BCUT2D eigenvalue weighted by atomic mass is 10.1. The van der Waals surface area contributed by atoms with Crippen molar-refractivity contribution in [3.05, 3.63) is 59.2 Å². The number of benzene rings is 2. The Kier molecular flexibility index (Phi) is 4.32. The fourth-order valence-corrected chi connectivity index (χ4v) is 2.95. The van der Waals surface area contributed by atoms with Gasteiger partial charge in [0.1, 0.15) is 11.6 Å². The molecule has 0 aliphatic heterocycles. The highest BCUT2D eigenvalue weighted by Crippen LogP contribution is 2.19. The van der Waals surface area contributed by atoms with E-state index in [0.717, 1.165) is 18.2 Å². The zero-order valence-corrected chi connectivity index (χ0v) is 11.6. The molecule has 0 aromatic heterocycles. The number of halogens is 2. The fraction of sp³-hybridized carbons (Fsp3) is 0.0714. The van der Waals surface area contributed by atoms with Crippen LogP contribution in [0.3, 0.4) is 0 Å². The van der Waals surface area contributed by atoms with E-state index >= 15 is 0 Å². The van der Waals surface area contributed by atoms with Gasteiger partial charge in [-0.3, -0.25) is 9.00 Å². The summed E-state index contributed by atoms with van der Waals surface area (Å²) in [4.78, 5) is 11.1. The summed E-state index contributed by atoms with van der Waals surface area (Å²) in [5.41, 5.74) is 10.8. The van der Waals surface area contributed by atoms with Gasteiger partial charge >= 0.3 is 0 Å². The number of nitrogen functional groups attached to an aromatic ring is 1. The molecule has 0 aliphatic carbocycles. The Morgan fingerprint density at radius 1 is 1.14 bits per heavy atom. The average molecular weight is 310 g/mol. The van der Waals surface area contributed by atoms with Gasteiger partial charge in [0.15, 0.2) is 0 Å². The Bertz CT molecular complexity index is 715. The first-order chi connectivity index (χ1) is 9.86. The van der Waals surface area contributed by atoms with Crippen molar-refractivity contribution in [3.63, 3.8) is 0 Å². The van der Waals surface area contributed by atoms with Crippen LogP contribution < -0.4 is 11.5 Å². The minimum atomic E-state index is -1.66. The maximum Gasteiger partial charge on any atom is 0.248 e. The normalized spacial score (nSPS) is 12.1. The summed E-state index contributed by atoms with van der Waals surface area (Å²) >= 11 is 0.